The zero-order valence-corrected chi connectivity index (χ0v) is 11.9. The highest BCUT2D eigenvalue weighted by Crippen LogP contribution is 2.24. The van der Waals surface area contributed by atoms with E-state index in [1.807, 2.05) is 0 Å². The average molecular weight is 298 g/mol. The molecule has 0 atom stereocenters. The topological polar surface area (TPSA) is 92.1 Å². The van der Waals surface area contributed by atoms with Crippen molar-refractivity contribution in [3.05, 3.63) is 41.3 Å². The molecule has 0 saturated heterocycles. The van der Waals surface area contributed by atoms with E-state index in [1.165, 1.54) is 25.2 Å². The van der Waals surface area contributed by atoms with Crippen LogP contribution in [0.2, 0.25) is 0 Å². The van der Waals surface area contributed by atoms with Crippen molar-refractivity contribution in [2.24, 2.45) is 5.73 Å². The van der Waals surface area contributed by atoms with Gasteiger partial charge in [0.1, 0.15) is 5.82 Å². The molecule has 0 aliphatic heterocycles. The van der Waals surface area contributed by atoms with E-state index < -0.39 is 15.8 Å². The minimum absolute atomic E-state index is 0.0495. The van der Waals surface area contributed by atoms with Crippen molar-refractivity contribution >= 4 is 15.7 Å². The molecule has 0 spiro atoms. The quantitative estimate of drug-likeness (QED) is 0.885. The average Bonchev–Trinajstić information content (AvgIpc) is 2.79. The molecule has 2 rings (SSSR count). The molecule has 0 bridgehead atoms. The second-order valence-electron chi connectivity index (χ2n) is 4.29. The molecule has 0 fully saturated rings. The van der Waals surface area contributed by atoms with Crippen LogP contribution in [0, 0.1) is 12.7 Å². The Morgan fingerprint density at radius 1 is 1.45 bits per heavy atom. The fourth-order valence-electron chi connectivity index (χ4n) is 1.82. The van der Waals surface area contributed by atoms with E-state index in [2.05, 4.69) is 10.2 Å². The number of aromatic nitrogens is 2. The van der Waals surface area contributed by atoms with E-state index >= 15 is 0 Å². The molecule has 108 valence electrons. The second kappa shape index (κ2) is 5.22. The first kappa shape index (κ1) is 14.5. The zero-order chi connectivity index (χ0) is 14.9. The summed E-state index contributed by atoms with van der Waals surface area (Å²) in [6.45, 7) is 1.74. The van der Waals surface area contributed by atoms with Gasteiger partial charge in [0.2, 0.25) is 5.03 Å². The van der Waals surface area contributed by atoms with Gasteiger partial charge in [-0.15, -0.1) is 0 Å². The number of aryl methyl sites for hydroxylation is 1. The zero-order valence-electron chi connectivity index (χ0n) is 11.1. The SMILES string of the molecule is Cc1[nH]nc(S(=O)(=O)N(C)c2cccc(F)c2)c1CN. The third-order valence-corrected chi connectivity index (χ3v) is 4.78. The Morgan fingerprint density at radius 2 is 2.15 bits per heavy atom. The minimum atomic E-state index is -3.89. The number of H-pyrrole nitrogens is 1. The van der Waals surface area contributed by atoms with Gasteiger partial charge in [-0.2, -0.15) is 13.5 Å². The predicted molar refractivity (Wildman–Crippen MR) is 73.2 cm³/mol. The van der Waals surface area contributed by atoms with Crippen molar-refractivity contribution in [2.75, 3.05) is 11.4 Å². The molecule has 3 N–H and O–H groups in total. The number of hydrogen-bond acceptors (Lipinski definition) is 4. The number of aromatic amines is 1. The maximum absolute atomic E-state index is 13.2. The van der Waals surface area contributed by atoms with E-state index in [0.29, 0.717) is 11.3 Å². The molecular weight excluding hydrogens is 283 g/mol. The lowest BCUT2D eigenvalue weighted by Gasteiger charge is -2.18. The number of sulfonamides is 1. The number of nitrogens with one attached hydrogen (secondary N) is 1. The van der Waals surface area contributed by atoms with Crippen LogP contribution in [0.15, 0.2) is 29.3 Å². The van der Waals surface area contributed by atoms with Crippen molar-refractivity contribution in [2.45, 2.75) is 18.5 Å². The van der Waals surface area contributed by atoms with Crippen molar-refractivity contribution in [1.29, 1.82) is 0 Å². The van der Waals surface area contributed by atoms with Crippen LogP contribution in [-0.2, 0) is 16.6 Å². The van der Waals surface area contributed by atoms with Crippen LogP contribution in [-0.4, -0.2) is 25.7 Å². The maximum atomic E-state index is 13.2. The van der Waals surface area contributed by atoms with Gasteiger partial charge in [0.15, 0.2) is 0 Å². The molecule has 1 aromatic carbocycles. The van der Waals surface area contributed by atoms with Crippen molar-refractivity contribution in [3.63, 3.8) is 0 Å². The molecule has 0 saturated carbocycles. The number of nitrogens with two attached hydrogens (primary N) is 1. The summed E-state index contributed by atoms with van der Waals surface area (Å²) in [6, 6.07) is 5.33. The van der Waals surface area contributed by atoms with Crippen LogP contribution >= 0.6 is 0 Å². The molecule has 0 unspecified atom stereocenters. The molecule has 0 radical (unpaired) electrons. The summed E-state index contributed by atoms with van der Waals surface area (Å²) >= 11 is 0. The minimum Gasteiger partial charge on any atom is -0.326 e. The van der Waals surface area contributed by atoms with Gasteiger partial charge < -0.3 is 5.73 Å². The first-order valence-electron chi connectivity index (χ1n) is 5.86. The normalized spacial score (nSPS) is 11.6. The number of nitrogens with zero attached hydrogens (tertiary/aromatic N) is 2. The molecule has 8 heteroatoms. The Balaban J connectivity index is 2.49. The molecule has 0 aliphatic rings. The van der Waals surface area contributed by atoms with Gasteiger partial charge in [-0.3, -0.25) is 9.40 Å². The molecule has 0 aliphatic carbocycles. The van der Waals surface area contributed by atoms with E-state index in [9.17, 15) is 12.8 Å². The molecule has 6 nitrogen and oxygen atoms in total. The largest absolute Gasteiger partial charge is 0.326 e. The molecule has 2 aromatic rings. The number of benzene rings is 1. The lowest BCUT2D eigenvalue weighted by Crippen LogP contribution is -2.28. The standard InChI is InChI=1S/C12H15FN4O2S/c1-8-11(7-14)12(16-15-8)20(18,19)17(2)10-5-3-4-9(13)6-10/h3-6H,7,14H2,1-2H3,(H,15,16). The summed E-state index contributed by atoms with van der Waals surface area (Å²) in [7, 11) is -2.54. The molecule has 1 heterocycles. The third kappa shape index (κ3) is 2.39. The smallest absolute Gasteiger partial charge is 0.283 e. The summed E-state index contributed by atoms with van der Waals surface area (Å²) in [6.07, 6.45) is 0. The number of anilines is 1. The lowest BCUT2D eigenvalue weighted by molar-refractivity contribution is 0.588. The van der Waals surface area contributed by atoms with Crippen molar-refractivity contribution in [1.82, 2.24) is 10.2 Å². The fraction of sp³-hybridized carbons (Fsp3) is 0.250. The van der Waals surface area contributed by atoms with E-state index in [0.717, 1.165) is 10.4 Å². The summed E-state index contributed by atoms with van der Waals surface area (Å²) in [5.41, 5.74) is 6.79. The van der Waals surface area contributed by atoms with Gasteiger partial charge in [-0.1, -0.05) is 6.07 Å². The van der Waals surface area contributed by atoms with Crippen LogP contribution in [0.4, 0.5) is 10.1 Å². The third-order valence-electron chi connectivity index (χ3n) is 3.02. The first-order chi connectivity index (χ1) is 9.37. The summed E-state index contributed by atoms with van der Waals surface area (Å²) in [5.74, 6) is -0.512. The Morgan fingerprint density at radius 3 is 2.75 bits per heavy atom. The lowest BCUT2D eigenvalue weighted by atomic mass is 10.3. The van der Waals surface area contributed by atoms with E-state index in [-0.39, 0.29) is 17.3 Å². The Labute approximate surface area is 116 Å². The second-order valence-corrected chi connectivity index (χ2v) is 6.17. The number of halogens is 1. The maximum Gasteiger partial charge on any atom is 0.283 e. The van der Waals surface area contributed by atoms with Crippen LogP contribution in [0.3, 0.4) is 0 Å². The molecule has 20 heavy (non-hydrogen) atoms. The van der Waals surface area contributed by atoms with Crippen LogP contribution in [0.1, 0.15) is 11.3 Å². The van der Waals surface area contributed by atoms with Crippen LogP contribution in [0.25, 0.3) is 0 Å². The summed E-state index contributed by atoms with van der Waals surface area (Å²) < 4.78 is 39.2. The number of rotatable bonds is 4. The van der Waals surface area contributed by atoms with Gasteiger partial charge in [-0.05, 0) is 25.1 Å². The molecule has 1 aromatic heterocycles. The van der Waals surface area contributed by atoms with Gasteiger partial charge in [0.25, 0.3) is 10.0 Å². The van der Waals surface area contributed by atoms with Crippen LogP contribution < -0.4 is 10.0 Å². The fourth-order valence-corrected chi connectivity index (χ4v) is 3.18. The Kier molecular flexibility index (Phi) is 3.78. The van der Waals surface area contributed by atoms with Gasteiger partial charge in [0, 0.05) is 24.8 Å². The monoisotopic (exact) mass is 298 g/mol. The first-order valence-corrected chi connectivity index (χ1v) is 7.30. The van der Waals surface area contributed by atoms with Crippen molar-refractivity contribution < 1.29 is 12.8 Å². The number of hydrogen-bond donors (Lipinski definition) is 2. The Bertz CT molecular complexity index is 727. The van der Waals surface area contributed by atoms with E-state index in [4.69, 9.17) is 5.73 Å². The van der Waals surface area contributed by atoms with Crippen molar-refractivity contribution in [3.8, 4) is 0 Å². The van der Waals surface area contributed by atoms with Crippen LogP contribution in [0.5, 0.6) is 0 Å². The Hall–Kier alpha value is -1.93. The summed E-state index contributed by atoms with van der Waals surface area (Å²) in [5, 5.41) is 6.27. The predicted octanol–water partition coefficient (Wildman–Crippen LogP) is 1.14. The highest BCUT2D eigenvalue weighted by molar-refractivity contribution is 7.92. The molecule has 0 amide bonds. The highest BCUT2D eigenvalue weighted by atomic mass is 32.2. The summed E-state index contributed by atoms with van der Waals surface area (Å²) in [4.78, 5) is 0. The van der Waals surface area contributed by atoms with Gasteiger partial charge in [-0.25, -0.2) is 4.39 Å². The van der Waals surface area contributed by atoms with Gasteiger partial charge in [0.05, 0.1) is 5.69 Å². The van der Waals surface area contributed by atoms with Gasteiger partial charge >= 0.3 is 0 Å². The molecular formula is C12H15FN4O2S. The van der Waals surface area contributed by atoms with E-state index in [1.54, 1.807) is 6.92 Å². The highest BCUT2D eigenvalue weighted by Gasteiger charge is 2.28.